The number of carboxylic acid groups (broad SMARTS) is 2. The molecule has 14 nitrogen and oxygen atoms in total. The minimum Gasteiger partial charge on any atom is -0.481 e. The molecule has 2 aliphatic carbocycles. The van der Waals surface area contributed by atoms with Gasteiger partial charge < -0.3 is 51.7 Å². The van der Waals surface area contributed by atoms with E-state index in [1.807, 2.05) is 0 Å². The SMILES string of the molecule is NC1(CC(=O)N[C@H]2CC[C@@H](CC(=O)O)OB2O)CCCCC1.NC1(CC(=O)N[C@H]2CC[C@@H](CC(=O)O)OB2O)CCCCC1. The summed E-state index contributed by atoms with van der Waals surface area (Å²) in [4.78, 5) is 45.6. The lowest BCUT2D eigenvalue weighted by Crippen LogP contribution is -2.55. The van der Waals surface area contributed by atoms with Crippen molar-refractivity contribution in [3.05, 3.63) is 0 Å². The van der Waals surface area contributed by atoms with E-state index in [4.69, 9.17) is 31.0 Å². The Bertz CT molecular complexity index is 904. The molecule has 2 saturated carbocycles. The van der Waals surface area contributed by atoms with Crippen molar-refractivity contribution in [2.75, 3.05) is 0 Å². The number of hydrogen-bond donors (Lipinski definition) is 8. The number of carboxylic acids is 2. The van der Waals surface area contributed by atoms with Gasteiger partial charge in [-0.2, -0.15) is 0 Å². The van der Waals surface area contributed by atoms with Crippen LogP contribution in [0.2, 0.25) is 0 Å². The van der Waals surface area contributed by atoms with Crippen LogP contribution in [-0.4, -0.2) is 93.4 Å². The van der Waals surface area contributed by atoms with Gasteiger partial charge in [-0.1, -0.05) is 38.5 Å². The van der Waals surface area contributed by atoms with Gasteiger partial charge in [0.1, 0.15) is 0 Å². The summed E-state index contributed by atoms with van der Waals surface area (Å²) in [6, 6.07) is 0. The Balaban J connectivity index is 0.000000240. The summed E-state index contributed by atoms with van der Waals surface area (Å²) in [5.74, 6) is -3.25. The maximum atomic E-state index is 12.1. The Labute approximate surface area is 259 Å². The number of amides is 2. The Morgan fingerprint density at radius 2 is 0.977 bits per heavy atom. The molecule has 4 rings (SSSR count). The fourth-order valence-electron chi connectivity index (χ4n) is 6.73. The van der Waals surface area contributed by atoms with Gasteiger partial charge in [0, 0.05) is 23.9 Å². The minimum absolute atomic E-state index is 0.135. The van der Waals surface area contributed by atoms with Crippen LogP contribution in [0.4, 0.5) is 0 Å². The molecule has 0 aromatic heterocycles. The molecular formula is C28H50B2N4O10. The molecular weight excluding hydrogens is 574 g/mol. The molecule has 2 amide bonds. The monoisotopic (exact) mass is 624 g/mol. The number of nitrogens with two attached hydrogens (primary N) is 2. The van der Waals surface area contributed by atoms with Crippen molar-refractivity contribution in [2.45, 2.75) is 151 Å². The first-order valence-electron chi connectivity index (χ1n) is 16.0. The second kappa shape index (κ2) is 16.9. The Morgan fingerprint density at radius 3 is 1.27 bits per heavy atom. The molecule has 248 valence electrons. The van der Waals surface area contributed by atoms with E-state index in [-0.39, 0.29) is 37.5 Å². The van der Waals surface area contributed by atoms with Crippen molar-refractivity contribution in [3.63, 3.8) is 0 Å². The van der Waals surface area contributed by atoms with Gasteiger partial charge in [0.2, 0.25) is 11.8 Å². The zero-order valence-corrected chi connectivity index (χ0v) is 25.6. The average molecular weight is 624 g/mol. The normalized spacial score (nSPS) is 28.2. The van der Waals surface area contributed by atoms with E-state index in [0.29, 0.717) is 25.7 Å². The summed E-state index contributed by atoms with van der Waals surface area (Å²) in [6.45, 7) is 0. The largest absolute Gasteiger partial charge is 0.481 e. The zero-order chi connectivity index (χ0) is 32.3. The van der Waals surface area contributed by atoms with E-state index in [1.165, 1.54) is 12.8 Å². The van der Waals surface area contributed by atoms with Crippen LogP contribution in [0, 0.1) is 0 Å². The number of carbonyl (C=O) groups is 4. The van der Waals surface area contributed by atoms with Gasteiger partial charge in [-0.25, -0.2) is 0 Å². The fourth-order valence-corrected chi connectivity index (χ4v) is 6.73. The topological polar surface area (TPSA) is 244 Å². The minimum atomic E-state index is -1.16. The molecule has 4 atom stereocenters. The van der Waals surface area contributed by atoms with Crippen LogP contribution < -0.4 is 22.1 Å². The predicted octanol–water partition coefficient (Wildman–Crippen LogP) is 0.393. The lowest BCUT2D eigenvalue weighted by Gasteiger charge is -2.35. The highest BCUT2D eigenvalue weighted by atomic mass is 16.5. The molecule has 4 aliphatic rings. The van der Waals surface area contributed by atoms with Crippen LogP contribution in [0.1, 0.15) is 116 Å². The molecule has 2 aliphatic heterocycles. The maximum absolute atomic E-state index is 12.1. The Morgan fingerprint density at radius 1 is 0.636 bits per heavy atom. The average Bonchev–Trinajstić information content (AvgIpc) is 2.92. The number of hydrogen-bond acceptors (Lipinski definition) is 10. The molecule has 10 N–H and O–H groups in total. The molecule has 2 heterocycles. The van der Waals surface area contributed by atoms with Gasteiger partial charge in [-0.05, 0) is 51.4 Å². The van der Waals surface area contributed by atoms with Crippen molar-refractivity contribution in [1.29, 1.82) is 0 Å². The first kappa shape index (κ1) is 36.2. The van der Waals surface area contributed by atoms with E-state index in [2.05, 4.69) is 10.6 Å². The van der Waals surface area contributed by atoms with Crippen molar-refractivity contribution in [2.24, 2.45) is 11.5 Å². The van der Waals surface area contributed by atoms with Crippen molar-refractivity contribution in [1.82, 2.24) is 10.6 Å². The lowest BCUT2D eigenvalue weighted by atomic mass is 9.72. The molecule has 0 aromatic rings. The molecule has 0 unspecified atom stereocenters. The molecule has 44 heavy (non-hydrogen) atoms. The van der Waals surface area contributed by atoms with Crippen LogP contribution in [0.3, 0.4) is 0 Å². The molecule has 4 fully saturated rings. The predicted molar refractivity (Wildman–Crippen MR) is 162 cm³/mol. The molecule has 16 heteroatoms. The van der Waals surface area contributed by atoms with Gasteiger partial charge in [0.05, 0.1) is 36.9 Å². The van der Waals surface area contributed by atoms with Gasteiger partial charge in [-0.3, -0.25) is 19.2 Å². The third kappa shape index (κ3) is 12.3. The van der Waals surface area contributed by atoms with Crippen molar-refractivity contribution >= 4 is 38.0 Å². The van der Waals surface area contributed by atoms with Gasteiger partial charge in [0.25, 0.3) is 0 Å². The summed E-state index contributed by atoms with van der Waals surface area (Å²) in [7, 11) is -2.33. The molecule has 0 spiro atoms. The van der Waals surface area contributed by atoms with Gasteiger partial charge in [0.15, 0.2) is 0 Å². The fraction of sp³-hybridized carbons (Fsp3) is 0.857. The summed E-state index contributed by atoms with van der Waals surface area (Å²) in [5, 5.41) is 42.8. The molecule has 2 saturated heterocycles. The van der Waals surface area contributed by atoms with E-state index in [0.717, 1.165) is 51.4 Å². The van der Waals surface area contributed by atoms with Gasteiger partial charge in [-0.15, -0.1) is 0 Å². The maximum Gasteiger partial charge on any atom is 0.478 e. The van der Waals surface area contributed by atoms with E-state index in [9.17, 15) is 29.2 Å². The smallest absolute Gasteiger partial charge is 0.478 e. The summed E-state index contributed by atoms with van der Waals surface area (Å²) in [5.41, 5.74) is 11.6. The second-order valence-corrected chi connectivity index (χ2v) is 13.2. The number of rotatable bonds is 10. The standard InChI is InChI=1S/2C14H25BN2O5/c2*16-14(6-2-1-3-7-14)9-12(18)17-11-5-4-10(8-13(19)20)22-15(11)21/h2*10-11,21H,1-9,16H2,(H,17,18)(H,19,20)/t2*10-,11-/m00/s1. The molecule has 0 bridgehead atoms. The highest BCUT2D eigenvalue weighted by molar-refractivity contribution is 6.46. The summed E-state index contributed by atoms with van der Waals surface area (Å²) >= 11 is 0. The summed E-state index contributed by atoms with van der Waals surface area (Å²) in [6.07, 6.45) is 11.2. The Kier molecular flexibility index (Phi) is 13.9. The van der Waals surface area contributed by atoms with Crippen LogP contribution >= 0.6 is 0 Å². The van der Waals surface area contributed by atoms with Crippen LogP contribution in [-0.2, 0) is 28.5 Å². The quantitative estimate of drug-likeness (QED) is 0.154. The lowest BCUT2D eigenvalue weighted by molar-refractivity contribution is -0.140. The molecule has 0 radical (unpaired) electrons. The molecule has 0 aromatic carbocycles. The van der Waals surface area contributed by atoms with E-state index >= 15 is 0 Å². The third-order valence-corrected chi connectivity index (χ3v) is 9.17. The van der Waals surface area contributed by atoms with Crippen LogP contribution in [0.5, 0.6) is 0 Å². The highest BCUT2D eigenvalue weighted by Crippen LogP contribution is 2.30. The zero-order valence-electron chi connectivity index (χ0n) is 25.6. The number of nitrogens with one attached hydrogen (secondary N) is 2. The van der Waals surface area contributed by atoms with E-state index in [1.54, 1.807) is 0 Å². The number of aliphatic carboxylic acids is 2. The first-order chi connectivity index (χ1) is 20.8. The van der Waals surface area contributed by atoms with Crippen molar-refractivity contribution in [3.8, 4) is 0 Å². The van der Waals surface area contributed by atoms with Crippen LogP contribution in [0.25, 0.3) is 0 Å². The van der Waals surface area contributed by atoms with Crippen LogP contribution in [0.15, 0.2) is 0 Å². The highest BCUT2D eigenvalue weighted by Gasteiger charge is 2.39. The Hall–Kier alpha value is -2.23. The van der Waals surface area contributed by atoms with Crippen molar-refractivity contribution < 1.29 is 48.7 Å². The number of carbonyl (C=O) groups excluding carboxylic acids is 2. The third-order valence-electron chi connectivity index (χ3n) is 9.17. The first-order valence-corrected chi connectivity index (χ1v) is 16.0. The van der Waals surface area contributed by atoms with E-state index < -0.39 is 61.3 Å². The van der Waals surface area contributed by atoms with Gasteiger partial charge >= 0.3 is 26.2 Å². The second-order valence-electron chi connectivity index (χ2n) is 13.2. The summed E-state index contributed by atoms with van der Waals surface area (Å²) < 4.78 is 10.5.